The molecule has 2 amide bonds. The zero-order valence-electron chi connectivity index (χ0n) is 15.7. The molecule has 28 heavy (non-hydrogen) atoms. The minimum atomic E-state index is -0.189. The van der Waals surface area contributed by atoms with Crippen LogP contribution in [-0.2, 0) is 17.9 Å². The normalized spacial score (nSPS) is 12.7. The fraction of sp³-hybridized carbons (Fsp3) is 0.190. The van der Waals surface area contributed by atoms with Gasteiger partial charge in [0, 0.05) is 36.4 Å². The molecule has 2 N–H and O–H groups in total. The number of aromatic amines is 1. The van der Waals surface area contributed by atoms with Crippen LogP contribution in [0.1, 0.15) is 34.1 Å². The van der Waals surface area contributed by atoms with Crippen LogP contribution < -0.4 is 10.1 Å². The summed E-state index contributed by atoms with van der Waals surface area (Å²) in [6, 6.07) is 9.38. The highest BCUT2D eigenvalue weighted by atomic mass is 16.5. The average Bonchev–Trinajstić information content (AvgIpc) is 2.95. The molecule has 142 valence electrons. The molecule has 0 saturated carbocycles. The summed E-state index contributed by atoms with van der Waals surface area (Å²) in [5, 5.41) is 10.0. The lowest BCUT2D eigenvalue weighted by atomic mass is 10.1. The number of amides is 2. The van der Waals surface area contributed by atoms with Crippen LogP contribution in [0, 0.1) is 0 Å². The number of benzene rings is 1. The minimum Gasteiger partial charge on any atom is -0.497 e. The van der Waals surface area contributed by atoms with Crippen molar-refractivity contribution in [3.05, 3.63) is 65.1 Å². The molecule has 0 atom stereocenters. The quantitative estimate of drug-likeness (QED) is 0.733. The number of rotatable bonds is 4. The van der Waals surface area contributed by atoms with Crippen LogP contribution in [0.15, 0.2) is 42.7 Å². The SMILES string of the molecule is COc1cccc(CNC(=O)c2cc3cn[nH]c4c-3c2CN(C(C)=O)C=C4)c1. The van der Waals surface area contributed by atoms with Crippen LogP contribution in [0.3, 0.4) is 0 Å². The number of methoxy groups -OCH3 is 1. The molecule has 1 aromatic carbocycles. The van der Waals surface area contributed by atoms with Crippen LogP contribution in [0.4, 0.5) is 0 Å². The third-order valence-electron chi connectivity index (χ3n) is 4.86. The summed E-state index contributed by atoms with van der Waals surface area (Å²) in [5.74, 6) is 0.464. The van der Waals surface area contributed by atoms with Crippen LogP contribution in [0.2, 0.25) is 0 Å². The first kappa shape index (κ1) is 17.8. The summed E-state index contributed by atoms with van der Waals surface area (Å²) < 4.78 is 5.22. The van der Waals surface area contributed by atoms with Crippen molar-refractivity contribution in [1.82, 2.24) is 20.4 Å². The Morgan fingerprint density at radius 1 is 1.32 bits per heavy atom. The number of carbonyl (C=O) groups is 2. The number of aromatic nitrogens is 2. The smallest absolute Gasteiger partial charge is 0.251 e. The molecule has 0 fully saturated rings. The third kappa shape index (κ3) is 3.22. The molecule has 1 aromatic rings. The molecule has 7 nitrogen and oxygen atoms in total. The predicted molar refractivity (Wildman–Crippen MR) is 105 cm³/mol. The molecule has 2 aliphatic heterocycles. The molecule has 3 aliphatic rings. The summed E-state index contributed by atoms with van der Waals surface area (Å²) in [6.07, 6.45) is 5.22. The molecule has 2 heterocycles. The molecular formula is C21H20N4O3. The Labute approximate surface area is 162 Å². The first-order chi connectivity index (χ1) is 13.6. The van der Waals surface area contributed by atoms with Crippen molar-refractivity contribution in [3.8, 4) is 16.9 Å². The Bertz CT molecular complexity index is 1050. The van der Waals surface area contributed by atoms with Gasteiger partial charge in [-0.15, -0.1) is 0 Å². The van der Waals surface area contributed by atoms with E-state index in [1.807, 2.05) is 36.4 Å². The van der Waals surface area contributed by atoms with Gasteiger partial charge in [-0.1, -0.05) is 12.1 Å². The molecule has 0 aromatic heterocycles. The van der Waals surface area contributed by atoms with Crippen molar-refractivity contribution in [2.45, 2.75) is 20.0 Å². The van der Waals surface area contributed by atoms with Gasteiger partial charge in [-0.25, -0.2) is 0 Å². The molecule has 0 unspecified atom stereocenters. The van der Waals surface area contributed by atoms with Gasteiger partial charge in [-0.3, -0.25) is 14.7 Å². The predicted octanol–water partition coefficient (Wildman–Crippen LogP) is 2.79. The van der Waals surface area contributed by atoms with Gasteiger partial charge in [0.05, 0.1) is 25.5 Å². The molecule has 0 bridgehead atoms. The first-order valence-corrected chi connectivity index (χ1v) is 8.92. The van der Waals surface area contributed by atoms with Gasteiger partial charge in [-0.2, -0.15) is 5.10 Å². The van der Waals surface area contributed by atoms with Gasteiger partial charge < -0.3 is 15.0 Å². The van der Waals surface area contributed by atoms with Crippen LogP contribution in [0.5, 0.6) is 5.75 Å². The third-order valence-corrected chi connectivity index (χ3v) is 4.86. The van der Waals surface area contributed by atoms with E-state index in [0.717, 1.165) is 33.7 Å². The van der Waals surface area contributed by atoms with Gasteiger partial charge in [-0.05, 0) is 35.4 Å². The van der Waals surface area contributed by atoms with Crippen LogP contribution >= 0.6 is 0 Å². The summed E-state index contributed by atoms with van der Waals surface area (Å²) >= 11 is 0. The zero-order chi connectivity index (χ0) is 19.7. The highest BCUT2D eigenvalue weighted by Gasteiger charge is 2.27. The largest absolute Gasteiger partial charge is 0.497 e. The van der Waals surface area contributed by atoms with Gasteiger partial charge >= 0.3 is 0 Å². The van der Waals surface area contributed by atoms with E-state index in [0.29, 0.717) is 18.7 Å². The Balaban J connectivity index is 1.65. The minimum absolute atomic E-state index is 0.0888. The lowest BCUT2D eigenvalue weighted by Crippen LogP contribution is -2.26. The Morgan fingerprint density at radius 2 is 2.18 bits per heavy atom. The lowest BCUT2D eigenvalue weighted by molar-refractivity contribution is -0.126. The molecule has 7 heteroatoms. The number of carbonyl (C=O) groups excluding carboxylic acids is 2. The molecule has 0 spiro atoms. The second kappa shape index (κ2) is 7.19. The van der Waals surface area contributed by atoms with E-state index in [1.165, 1.54) is 6.92 Å². The summed E-state index contributed by atoms with van der Waals surface area (Å²) in [7, 11) is 1.61. The number of nitrogens with zero attached hydrogens (tertiary/aromatic N) is 2. The van der Waals surface area contributed by atoms with Crippen molar-refractivity contribution in [2.24, 2.45) is 0 Å². The topological polar surface area (TPSA) is 87.3 Å². The highest BCUT2D eigenvalue weighted by Crippen LogP contribution is 2.36. The van der Waals surface area contributed by atoms with E-state index in [-0.39, 0.29) is 11.8 Å². The van der Waals surface area contributed by atoms with Crippen molar-refractivity contribution in [3.63, 3.8) is 0 Å². The standard InChI is InChI=1S/C21H20N4O3/c1-13(26)25-7-6-19-20-15(11-23-24-19)9-17(18(20)12-25)21(27)22-10-14-4-3-5-16(8-14)28-2/h3-9,11,24H,10,12H2,1-2H3,(H,22,27). The number of nitrogens with one attached hydrogen (secondary N) is 2. The maximum Gasteiger partial charge on any atom is 0.251 e. The number of hydrogen-bond donors (Lipinski definition) is 2. The first-order valence-electron chi connectivity index (χ1n) is 8.92. The summed E-state index contributed by atoms with van der Waals surface area (Å²) in [5.41, 5.74) is 4.87. The molecular weight excluding hydrogens is 356 g/mol. The van der Waals surface area contributed by atoms with Crippen molar-refractivity contribution in [1.29, 1.82) is 0 Å². The maximum atomic E-state index is 12.9. The molecule has 0 radical (unpaired) electrons. The van der Waals surface area contributed by atoms with Gasteiger partial charge in [0.1, 0.15) is 5.75 Å². The van der Waals surface area contributed by atoms with E-state index in [9.17, 15) is 9.59 Å². The van der Waals surface area contributed by atoms with E-state index in [4.69, 9.17) is 4.74 Å². The van der Waals surface area contributed by atoms with E-state index in [1.54, 1.807) is 24.4 Å². The lowest BCUT2D eigenvalue weighted by Gasteiger charge is -2.16. The fourth-order valence-corrected chi connectivity index (χ4v) is 3.42. The van der Waals surface area contributed by atoms with E-state index >= 15 is 0 Å². The molecule has 1 aliphatic carbocycles. The van der Waals surface area contributed by atoms with E-state index < -0.39 is 0 Å². The second-order valence-corrected chi connectivity index (χ2v) is 6.65. The summed E-state index contributed by atoms with van der Waals surface area (Å²) in [4.78, 5) is 26.5. The second-order valence-electron chi connectivity index (χ2n) is 6.65. The Morgan fingerprint density at radius 3 is 2.96 bits per heavy atom. The van der Waals surface area contributed by atoms with Gasteiger partial charge in [0.15, 0.2) is 0 Å². The monoisotopic (exact) mass is 376 g/mol. The average molecular weight is 376 g/mol. The number of H-pyrrole nitrogens is 1. The van der Waals surface area contributed by atoms with Crippen molar-refractivity contribution in [2.75, 3.05) is 7.11 Å². The summed E-state index contributed by atoms with van der Waals surface area (Å²) in [6.45, 7) is 2.22. The number of hydrogen-bond acceptors (Lipinski definition) is 4. The van der Waals surface area contributed by atoms with Crippen LogP contribution in [-0.4, -0.2) is 34.0 Å². The Hall–Kier alpha value is -3.61. The van der Waals surface area contributed by atoms with Crippen LogP contribution in [0.25, 0.3) is 17.2 Å². The highest BCUT2D eigenvalue weighted by molar-refractivity contribution is 6.01. The van der Waals surface area contributed by atoms with Gasteiger partial charge in [0.25, 0.3) is 5.91 Å². The van der Waals surface area contributed by atoms with Gasteiger partial charge in [0.2, 0.25) is 5.91 Å². The Kier molecular flexibility index (Phi) is 4.57. The molecule has 0 saturated heterocycles. The van der Waals surface area contributed by atoms with Crippen molar-refractivity contribution >= 4 is 17.9 Å². The van der Waals surface area contributed by atoms with Crippen molar-refractivity contribution < 1.29 is 14.3 Å². The fourth-order valence-electron chi connectivity index (χ4n) is 3.42. The number of ether oxygens (including phenoxy) is 1. The maximum absolute atomic E-state index is 12.9. The molecule has 4 rings (SSSR count). The van der Waals surface area contributed by atoms with E-state index in [2.05, 4.69) is 15.5 Å². The zero-order valence-corrected chi connectivity index (χ0v) is 15.7.